The van der Waals surface area contributed by atoms with Crippen LogP contribution in [-0.4, -0.2) is 37.2 Å². The highest BCUT2D eigenvalue weighted by molar-refractivity contribution is 7.09. The first-order valence-corrected chi connectivity index (χ1v) is 6.52. The molecule has 0 fully saturated rings. The Balaban J connectivity index is 2.11. The average Bonchev–Trinajstić information content (AvgIpc) is 2.82. The molecule has 5 nitrogen and oxygen atoms in total. The number of ether oxygens (including phenoxy) is 1. The Morgan fingerprint density at radius 2 is 2.53 bits per heavy atom. The van der Waals surface area contributed by atoms with E-state index in [0.29, 0.717) is 19.6 Å². The van der Waals surface area contributed by atoms with Gasteiger partial charge in [0.15, 0.2) is 0 Å². The number of amides is 1. The number of carbonyl (C=O) groups excluding carboxylic acids is 1. The van der Waals surface area contributed by atoms with Gasteiger partial charge in [0.1, 0.15) is 0 Å². The van der Waals surface area contributed by atoms with Crippen LogP contribution in [0.15, 0.2) is 11.6 Å². The zero-order valence-electron chi connectivity index (χ0n) is 10.0. The van der Waals surface area contributed by atoms with Gasteiger partial charge in [-0.1, -0.05) is 0 Å². The molecule has 1 heterocycles. The van der Waals surface area contributed by atoms with Crippen molar-refractivity contribution in [3.8, 4) is 0 Å². The van der Waals surface area contributed by atoms with Crippen LogP contribution < -0.4 is 11.1 Å². The molecule has 1 amide bonds. The Labute approximate surface area is 105 Å². The van der Waals surface area contributed by atoms with E-state index in [1.54, 1.807) is 24.6 Å². The Morgan fingerprint density at radius 1 is 1.71 bits per heavy atom. The summed E-state index contributed by atoms with van der Waals surface area (Å²) >= 11 is 1.59. The van der Waals surface area contributed by atoms with E-state index in [2.05, 4.69) is 10.3 Å². The second kappa shape index (κ2) is 8.16. The molecule has 0 saturated heterocycles. The second-order valence-electron chi connectivity index (χ2n) is 3.71. The van der Waals surface area contributed by atoms with Crippen LogP contribution in [0.5, 0.6) is 0 Å². The predicted octanol–water partition coefficient (Wildman–Crippen LogP) is 0.556. The number of nitrogens with two attached hydrogens (primary N) is 1. The Bertz CT molecular complexity index is 317. The number of thiazole rings is 1. The predicted molar refractivity (Wildman–Crippen MR) is 67.9 cm³/mol. The lowest BCUT2D eigenvalue weighted by atomic mass is 10.1. The number of hydrogen-bond donors (Lipinski definition) is 2. The maximum Gasteiger partial charge on any atom is 0.236 e. The Kier molecular flexibility index (Phi) is 6.76. The molecule has 0 aliphatic rings. The number of aromatic nitrogens is 1. The minimum Gasteiger partial charge on any atom is -0.385 e. The van der Waals surface area contributed by atoms with Crippen LogP contribution in [0.1, 0.15) is 17.8 Å². The minimum atomic E-state index is -0.443. The topological polar surface area (TPSA) is 77.2 Å². The minimum absolute atomic E-state index is 0.0994. The summed E-state index contributed by atoms with van der Waals surface area (Å²) in [5, 5.41) is 5.76. The van der Waals surface area contributed by atoms with Crippen molar-refractivity contribution in [1.29, 1.82) is 0 Å². The lowest BCUT2D eigenvalue weighted by Gasteiger charge is -2.11. The van der Waals surface area contributed by atoms with Crippen LogP contribution in [0, 0.1) is 0 Å². The van der Waals surface area contributed by atoms with Gasteiger partial charge in [-0.15, -0.1) is 11.3 Å². The molecule has 1 aromatic rings. The van der Waals surface area contributed by atoms with Crippen LogP contribution >= 0.6 is 11.3 Å². The zero-order valence-corrected chi connectivity index (χ0v) is 10.8. The van der Waals surface area contributed by atoms with E-state index in [0.717, 1.165) is 17.8 Å². The number of rotatable bonds is 8. The van der Waals surface area contributed by atoms with Gasteiger partial charge in [0.25, 0.3) is 0 Å². The van der Waals surface area contributed by atoms with Gasteiger partial charge in [0.2, 0.25) is 5.91 Å². The van der Waals surface area contributed by atoms with E-state index in [-0.39, 0.29) is 5.91 Å². The fourth-order valence-corrected chi connectivity index (χ4v) is 2.00. The Morgan fingerprint density at radius 3 is 3.18 bits per heavy atom. The van der Waals surface area contributed by atoms with Crippen molar-refractivity contribution in [2.75, 3.05) is 20.3 Å². The maximum absolute atomic E-state index is 11.6. The highest BCUT2D eigenvalue weighted by atomic mass is 32.1. The van der Waals surface area contributed by atoms with Gasteiger partial charge in [-0.05, 0) is 12.8 Å². The monoisotopic (exact) mass is 257 g/mol. The first-order chi connectivity index (χ1) is 8.24. The fourth-order valence-electron chi connectivity index (χ4n) is 1.38. The molecule has 3 N–H and O–H groups in total. The van der Waals surface area contributed by atoms with Crippen molar-refractivity contribution < 1.29 is 9.53 Å². The van der Waals surface area contributed by atoms with Crippen molar-refractivity contribution in [3.05, 3.63) is 16.6 Å². The third-order valence-corrected chi connectivity index (χ3v) is 3.16. The maximum atomic E-state index is 11.6. The number of carbonyl (C=O) groups is 1. The zero-order chi connectivity index (χ0) is 12.5. The fraction of sp³-hybridized carbons (Fsp3) is 0.636. The van der Waals surface area contributed by atoms with Crippen LogP contribution in [0.4, 0.5) is 0 Å². The quantitative estimate of drug-likeness (QED) is 0.667. The summed E-state index contributed by atoms with van der Waals surface area (Å²) in [5.74, 6) is -0.0994. The Hall–Kier alpha value is -0.980. The summed E-state index contributed by atoms with van der Waals surface area (Å²) in [6.45, 7) is 1.23. The van der Waals surface area contributed by atoms with E-state index in [9.17, 15) is 4.79 Å². The van der Waals surface area contributed by atoms with Crippen molar-refractivity contribution >= 4 is 17.2 Å². The lowest BCUT2D eigenvalue weighted by molar-refractivity contribution is -0.122. The SMILES string of the molecule is COCCCC(N)C(=O)NCCc1nccs1. The molecule has 0 radical (unpaired) electrons. The number of nitrogens with one attached hydrogen (secondary N) is 1. The summed E-state index contributed by atoms with van der Waals surface area (Å²) in [6.07, 6.45) is 3.97. The molecule has 0 saturated carbocycles. The molecule has 0 aliphatic carbocycles. The van der Waals surface area contributed by atoms with Gasteiger partial charge in [-0.3, -0.25) is 4.79 Å². The standard InChI is InChI=1S/C11H19N3O2S/c1-16-7-2-3-9(12)11(15)14-5-4-10-13-6-8-17-10/h6,8-9H,2-5,7,12H2,1H3,(H,14,15). The van der Waals surface area contributed by atoms with Gasteiger partial charge >= 0.3 is 0 Å². The van der Waals surface area contributed by atoms with Crippen LogP contribution in [-0.2, 0) is 16.0 Å². The molecular weight excluding hydrogens is 238 g/mol. The van der Waals surface area contributed by atoms with Gasteiger partial charge < -0.3 is 15.8 Å². The largest absolute Gasteiger partial charge is 0.385 e. The molecular formula is C11H19N3O2S. The molecule has 0 bridgehead atoms. The highest BCUT2D eigenvalue weighted by Gasteiger charge is 2.12. The van der Waals surface area contributed by atoms with Crippen LogP contribution in [0.25, 0.3) is 0 Å². The molecule has 17 heavy (non-hydrogen) atoms. The summed E-state index contributed by atoms with van der Waals surface area (Å²) < 4.78 is 4.91. The average molecular weight is 257 g/mol. The van der Waals surface area contributed by atoms with Gasteiger partial charge in [-0.2, -0.15) is 0 Å². The van der Waals surface area contributed by atoms with E-state index in [1.807, 2.05) is 5.38 Å². The van der Waals surface area contributed by atoms with Crippen molar-refractivity contribution in [2.45, 2.75) is 25.3 Å². The highest BCUT2D eigenvalue weighted by Crippen LogP contribution is 2.03. The van der Waals surface area contributed by atoms with Gasteiger partial charge in [-0.25, -0.2) is 4.98 Å². The summed E-state index contributed by atoms with van der Waals surface area (Å²) in [4.78, 5) is 15.7. The smallest absolute Gasteiger partial charge is 0.236 e. The van der Waals surface area contributed by atoms with Crippen molar-refractivity contribution in [2.24, 2.45) is 5.73 Å². The molecule has 0 spiro atoms. The van der Waals surface area contributed by atoms with E-state index in [4.69, 9.17) is 10.5 Å². The molecule has 1 unspecified atom stereocenters. The number of nitrogens with zero attached hydrogens (tertiary/aromatic N) is 1. The van der Waals surface area contributed by atoms with E-state index < -0.39 is 6.04 Å². The number of methoxy groups -OCH3 is 1. The summed E-state index contributed by atoms with van der Waals surface area (Å²) in [6, 6.07) is -0.443. The molecule has 1 aromatic heterocycles. The molecule has 96 valence electrons. The van der Waals surface area contributed by atoms with E-state index in [1.165, 1.54) is 0 Å². The first kappa shape index (κ1) is 14.1. The van der Waals surface area contributed by atoms with E-state index >= 15 is 0 Å². The summed E-state index contributed by atoms with van der Waals surface area (Å²) in [7, 11) is 1.64. The lowest BCUT2D eigenvalue weighted by Crippen LogP contribution is -2.41. The third kappa shape index (κ3) is 5.76. The van der Waals surface area contributed by atoms with Crippen molar-refractivity contribution in [1.82, 2.24) is 10.3 Å². The summed E-state index contributed by atoms with van der Waals surface area (Å²) in [5.41, 5.74) is 5.74. The first-order valence-electron chi connectivity index (χ1n) is 5.64. The molecule has 6 heteroatoms. The molecule has 1 atom stereocenters. The van der Waals surface area contributed by atoms with Crippen LogP contribution in [0.3, 0.4) is 0 Å². The van der Waals surface area contributed by atoms with Crippen LogP contribution in [0.2, 0.25) is 0 Å². The van der Waals surface area contributed by atoms with Gasteiger partial charge in [0.05, 0.1) is 11.0 Å². The molecule has 0 aliphatic heterocycles. The molecule has 0 aromatic carbocycles. The van der Waals surface area contributed by atoms with Gasteiger partial charge in [0, 0.05) is 38.3 Å². The number of hydrogen-bond acceptors (Lipinski definition) is 5. The second-order valence-corrected chi connectivity index (χ2v) is 4.69. The normalized spacial score (nSPS) is 12.4. The third-order valence-electron chi connectivity index (χ3n) is 2.32. The molecule has 1 rings (SSSR count). The van der Waals surface area contributed by atoms with Crippen molar-refractivity contribution in [3.63, 3.8) is 0 Å².